The Labute approximate surface area is 139 Å². The van der Waals surface area contributed by atoms with E-state index in [-0.39, 0.29) is 18.1 Å². The van der Waals surface area contributed by atoms with E-state index in [0.29, 0.717) is 19.8 Å². The standard InChI is InChI=1S/C17H20N2O3S/c1-12-6-9-23-16(12)17(20)19-14-5-8-21-11-15(14)22-10-13-4-2-3-7-18-13/h2-4,6-7,9,14-15H,5,8,10-11H2,1H3,(H,19,20)/t14-,15-/m1/s1. The molecular weight excluding hydrogens is 312 g/mol. The van der Waals surface area contributed by atoms with Crippen LogP contribution < -0.4 is 5.32 Å². The number of ether oxygens (including phenoxy) is 2. The minimum absolute atomic E-state index is 0.0316. The van der Waals surface area contributed by atoms with E-state index in [1.807, 2.05) is 36.6 Å². The molecule has 3 rings (SSSR count). The molecule has 0 spiro atoms. The number of nitrogens with zero attached hydrogens (tertiary/aromatic N) is 1. The Balaban J connectivity index is 1.60. The van der Waals surface area contributed by atoms with Crippen molar-refractivity contribution in [2.75, 3.05) is 13.2 Å². The summed E-state index contributed by atoms with van der Waals surface area (Å²) in [6.45, 7) is 3.49. The van der Waals surface area contributed by atoms with Crippen LogP contribution in [0.4, 0.5) is 0 Å². The highest BCUT2D eigenvalue weighted by Gasteiger charge is 2.29. The van der Waals surface area contributed by atoms with Crippen molar-refractivity contribution in [2.45, 2.75) is 32.1 Å². The quantitative estimate of drug-likeness (QED) is 0.914. The smallest absolute Gasteiger partial charge is 0.261 e. The molecule has 0 unspecified atom stereocenters. The highest BCUT2D eigenvalue weighted by molar-refractivity contribution is 7.12. The van der Waals surface area contributed by atoms with Gasteiger partial charge in [0.25, 0.3) is 5.91 Å². The van der Waals surface area contributed by atoms with E-state index in [1.165, 1.54) is 11.3 Å². The number of nitrogens with one attached hydrogen (secondary N) is 1. The largest absolute Gasteiger partial charge is 0.379 e. The number of carbonyl (C=O) groups excluding carboxylic acids is 1. The molecular formula is C17H20N2O3S. The van der Waals surface area contributed by atoms with E-state index in [1.54, 1.807) is 6.20 Å². The number of thiophene rings is 1. The summed E-state index contributed by atoms with van der Waals surface area (Å²) in [6, 6.07) is 7.65. The van der Waals surface area contributed by atoms with E-state index in [2.05, 4.69) is 10.3 Å². The fraction of sp³-hybridized carbons (Fsp3) is 0.412. The van der Waals surface area contributed by atoms with Gasteiger partial charge in [0.15, 0.2) is 0 Å². The summed E-state index contributed by atoms with van der Waals surface area (Å²) in [7, 11) is 0. The Morgan fingerprint density at radius 2 is 2.39 bits per heavy atom. The highest BCUT2D eigenvalue weighted by Crippen LogP contribution is 2.18. The zero-order valence-electron chi connectivity index (χ0n) is 13.0. The second-order valence-corrected chi connectivity index (χ2v) is 6.46. The Hall–Kier alpha value is -1.76. The van der Waals surface area contributed by atoms with Crippen molar-refractivity contribution < 1.29 is 14.3 Å². The van der Waals surface area contributed by atoms with E-state index < -0.39 is 0 Å². The van der Waals surface area contributed by atoms with Crippen LogP contribution in [0, 0.1) is 6.92 Å². The lowest BCUT2D eigenvalue weighted by Crippen LogP contribution is -2.49. The van der Waals surface area contributed by atoms with Gasteiger partial charge in [0.05, 0.1) is 29.8 Å². The van der Waals surface area contributed by atoms with Crippen molar-refractivity contribution in [3.63, 3.8) is 0 Å². The minimum Gasteiger partial charge on any atom is -0.379 e. The molecule has 1 N–H and O–H groups in total. The van der Waals surface area contributed by atoms with Crippen LogP contribution >= 0.6 is 11.3 Å². The Bertz CT molecular complexity index is 644. The van der Waals surface area contributed by atoms with Crippen molar-refractivity contribution in [1.29, 1.82) is 0 Å². The lowest BCUT2D eigenvalue weighted by Gasteiger charge is -2.32. The third-order valence-corrected chi connectivity index (χ3v) is 4.88. The Morgan fingerprint density at radius 1 is 1.48 bits per heavy atom. The summed E-state index contributed by atoms with van der Waals surface area (Å²) in [5, 5.41) is 5.03. The molecule has 1 saturated heterocycles. The molecule has 0 aliphatic carbocycles. The van der Waals surface area contributed by atoms with Crippen LogP contribution in [0.25, 0.3) is 0 Å². The van der Waals surface area contributed by atoms with E-state index >= 15 is 0 Å². The minimum atomic E-state index is -0.157. The van der Waals surface area contributed by atoms with Crippen molar-refractivity contribution in [3.05, 3.63) is 52.0 Å². The predicted octanol–water partition coefficient (Wildman–Crippen LogP) is 2.56. The lowest BCUT2D eigenvalue weighted by atomic mass is 10.1. The van der Waals surface area contributed by atoms with Crippen LogP contribution in [0.1, 0.15) is 27.3 Å². The summed E-state index contributed by atoms with van der Waals surface area (Å²) in [5.74, 6) is -0.0316. The summed E-state index contributed by atoms with van der Waals surface area (Å²) in [6.07, 6.45) is 2.34. The molecule has 0 aromatic carbocycles. The van der Waals surface area contributed by atoms with Crippen LogP contribution in [0.15, 0.2) is 35.8 Å². The first-order valence-electron chi connectivity index (χ1n) is 7.68. The number of hydrogen-bond acceptors (Lipinski definition) is 5. The molecule has 1 amide bonds. The molecule has 0 radical (unpaired) electrons. The molecule has 2 atom stereocenters. The maximum Gasteiger partial charge on any atom is 0.261 e. The maximum atomic E-state index is 12.4. The van der Waals surface area contributed by atoms with Gasteiger partial charge in [-0.25, -0.2) is 0 Å². The van der Waals surface area contributed by atoms with Crippen molar-refractivity contribution in [3.8, 4) is 0 Å². The van der Waals surface area contributed by atoms with Gasteiger partial charge in [0.2, 0.25) is 0 Å². The molecule has 122 valence electrons. The molecule has 23 heavy (non-hydrogen) atoms. The van der Waals surface area contributed by atoms with E-state index in [0.717, 1.165) is 22.6 Å². The highest BCUT2D eigenvalue weighted by atomic mass is 32.1. The van der Waals surface area contributed by atoms with E-state index in [4.69, 9.17) is 9.47 Å². The van der Waals surface area contributed by atoms with Gasteiger partial charge in [0, 0.05) is 12.8 Å². The van der Waals surface area contributed by atoms with Crippen LogP contribution in [0.5, 0.6) is 0 Å². The number of aromatic nitrogens is 1. The Kier molecular flexibility index (Phi) is 5.38. The molecule has 3 heterocycles. The molecule has 1 aliphatic rings. The number of pyridine rings is 1. The molecule has 0 saturated carbocycles. The van der Waals surface area contributed by atoms with E-state index in [9.17, 15) is 4.79 Å². The first kappa shape index (κ1) is 16.1. The molecule has 2 aromatic heterocycles. The SMILES string of the molecule is Cc1ccsc1C(=O)N[C@@H]1CCOC[C@H]1OCc1ccccn1. The predicted molar refractivity (Wildman–Crippen MR) is 88.6 cm³/mol. The normalized spacial score (nSPS) is 21.1. The van der Waals surface area contributed by atoms with Crippen molar-refractivity contribution >= 4 is 17.2 Å². The van der Waals surface area contributed by atoms with Crippen molar-refractivity contribution in [1.82, 2.24) is 10.3 Å². The molecule has 6 heteroatoms. The monoisotopic (exact) mass is 332 g/mol. The van der Waals surface area contributed by atoms with Gasteiger partial charge in [-0.2, -0.15) is 0 Å². The average Bonchev–Trinajstić information content (AvgIpc) is 3.01. The maximum absolute atomic E-state index is 12.4. The second kappa shape index (κ2) is 7.68. The van der Waals surface area contributed by atoms with Crippen LogP contribution in [0.3, 0.4) is 0 Å². The first-order chi connectivity index (χ1) is 11.2. The van der Waals surface area contributed by atoms with Gasteiger partial charge >= 0.3 is 0 Å². The van der Waals surface area contributed by atoms with Gasteiger partial charge in [-0.15, -0.1) is 11.3 Å². The van der Waals surface area contributed by atoms with Gasteiger partial charge in [-0.1, -0.05) is 6.07 Å². The summed E-state index contributed by atoms with van der Waals surface area (Å²) in [5.41, 5.74) is 1.88. The fourth-order valence-electron chi connectivity index (χ4n) is 2.56. The number of amides is 1. The van der Waals surface area contributed by atoms with Gasteiger partial charge in [0.1, 0.15) is 6.10 Å². The molecule has 1 aliphatic heterocycles. The second-order valence-electron chi connectivity index (χ2n) is 5.55. The molecule has 5 nitrogen and oxygen atoms in total. The number of rotatable bonds is 5. The molecule has 1 fully saturated rings. The first-order valence-corrected chi connectivity index (χ1v) is 8.56. The topological polar surface area (TPSA) is 60.5 Å². The molecule has 2 aromatic rings. The molecule has 0 bridgehead atoms. The van der Waals surface area contributed by atoms with Gasteiger partial charge in [-0.3, -0.25) is 9.78 Å². The third kappa shape index (κ3) is 4.16. The summed E-state index contributed by atoms with van der Waals surface area (Å²) >= 11 is 1.46. The van der Waals surface area contributed by atoms with Crippen molar-refractivity contribution in [2.24, 2.45) is 0 Å². The van der Waals surface area contributed by atoms with Crippen LogP contribution in [-0.4, -0.2) is 36.3 Å². The zero-order valence-corrected chi connectivity index (χ0v) is 13.8. The van der Waals surface area contributed by atoms with Gasteiger partial charge in [-0.05, 0) is 42.5 Å². The van der Waals surface area contributed by atoms with Crippen LogP contribution in [0.2, 0.25) is 0 Å². The Morgan fingerprint density at radius 3 is 3.13 bits per heavy atom. The van der Waals surface area contributed by atoms with Gasteiger partial charge < -0.3 is 14.8 Å². The number of aryl methyl sites for hydroxylation is 1. The third-order valence-electron chi connectivity index (χ3n) is 3.86. The number of carbonyl (C=O) groups is 1. The average molecular weight is 332 g/mol. The summed E-state index contributed by atoms with van der Waals surface area (Å²) in [4.78, 5) is 17.4. The fourth-order valence-corrected chi connectivity index (χ4v) is 3.38. The lowest BCUT2D eigenvalue weighted by molar-refractivity contribution is -0.0743. The summed E-state index contributed by atoms with van der Waals surface area (Å²) < 4.78 is 11.4. The zero-order chi connectivity index (χ0) is 16.1. The van der Waals surface area contributed by atoms with Crippen LogP contribution in [-0.2, 0) is 16.1 Å². The number of hydrogen-bond donors (Lipinski definition) is 1.